The minimum absolute atomic E-state index is 0.0831. The average molecular weight is 215 g/mol. The van der Waals surface area contributed by atoms with Crippen LogP contribution in [0.15, 0.2) is 31.1 Å². The lowest BCUT2D eigenvalue weighted by Gasteiger charge is -2.15. The van der Waals surface area contributed by atoms with Gasteiger partial charge in [0.25, 0.3) is 0 Å². The van der Waals surface area contributed by atoms with E-state index in [9.17, 15) is 0 Å². The summed E-state index contributed by atoms with van der Waals surface area (Å²) in [4.78, 5) is 16.4. The van der Waals surface area contributed by atoms with Crippen molar-refractivity contribution in [2.75, 3.05) is 5.32 Å². The second kappa shape index (κ2) is 4.65. The Morgan fingerprint density at radius 3 is 2.50 bits per heavy atom. The molecule has 0 aliphatic heterocycles. The molecule has 2 aromatic rings. The maximum atomic E-state index is 4.31. The molecule has 1 unspecified atom stereocenters. The average Bonchev–Trinajstić information content (AvgIpc) is 2.31. The number of aryl methyl sites for hydroxylation is 1. The van der Waals surface area contributed by atoms with Gasteiger partial charge in [0.15, 0.2) is 0 Å². The van der Waals surface area contributed by atoms with Gasteiger partial charge in [0.2, 0.25) is 0 Å². The van der Waals surface area contributed by atoms with Crippen molar-refractivity contribution < 1.29 is 0 Å². The van der Waals surface area contributed by atoms with E-state index >= 15 is 0 Å². The first-order valence-electron chi connectivity index (χ1n) is 5.06. The van der Waals surface area contributed by atoms with Gasteiger partial charge in [0.05, 0.1) is 35.5 Å². The first-order chi connectivity index (χ1) is 7.77. The topological polar surface area (TPSA) is 63.6 Å². The number of rotatable bonds is 3. The molecule has 2 rings (SSSR count). The van der Waals surface area contributed by atoms with Crippen LogP contribution in [0.25, 0.3) is 0 Å². The Kier molecular flexibility index (Phi) is 3.05. The van der Waals surface area contributed by atoms with Crippen molar-refractivity contribution in [3.8, 4) is 0 Å². The van der Waals surface area contributed by atoms with Crippen LogP contribution < -0.4 is 5.32 Å². The van der Waals surface area contributed by atoms with Crippen LogP contribution in [0.1, 0.15) is 24.4 Å². The summed E-state index contributed by atoms with van der Waals surface area (Å²) in [5.41, 5.74) is 2.74. The summed E-state index contributed by atoms with van der Waals surface area (Å²) in [5, 5.41) is 3.27. The Balaban J connectivity index is 2.15. The van der Waals surface area contributed by atoms with Gasteiger partial charge in [-0.05, 0) is 13.8 Å². The highest BCUT2D eigenvalue weighted by molar-refractivity contribution is 5.40. The Labute approximate surface area is 94.0 Å². The van der Waals surface area contributed by atoms with Crippen molar-refractivity contribution >= 4 is 5.69 Å². The quantitative estimate of drug-likeness (QED) is 0.845. The summed E-state index contributed by atoms with van der Waals surface area (Å²) in [5.74, 6) is 0. The first-order valence-corrected chi connectivity index (χ1v) is 5.06. The van der Waals surface area contributed by atoms with Crippen molar-refractivity contribution in [2.24, 2.45) is 0 Å². The van der Waals surface area contributed by atoms with E-state index < -0.39 is 0 Å². The van der Waals surface area contributed by atoms with E-state index in [1.54, 1.807) is 24.8 Å². The van der Waals surface area contributed by atoms with Crippen molar-refractivity contribution in [2.45, 2.75) is 19.9 Å². The molecule has 0 radical (unpaired) electrons. The first kappa shape index (κ1) is 10.5. The lowest BCUT2D eigenvalue weighted by molar-refractivity contribution is 0.807. The standard InChI is InChI=1S/C11H13N5/c1-8-11(15-4-3-14-8)9(2)16-10-5-12-7-13-6-10/h3-7,9,16H,1-2H3. The van der Waals surface area contributed by atoms with E-state index in [1.807, 2.05) is 13.8 Å². The second-order valence-corrected chi connectivity index (χ2v) is 3.52. The van der Waals surface area contributed by atoms with E-state index in [2.05, 4.69) is 25.3 Å². The van der Waals surface area contributed by atoms with Crippen molar-refractivity contribution in [1.82, 2.24) is 19.9 Å². The summed E-state index contributed by atoms with van der Waals surface area (Å²) < 4.78 is 0. The maximum Gasteiger partial charge on any atom is 0.115 e. The SMILES string of the molecule is Cc1nccnc1C(C)Nc1cncnc1. The van der Waals surface area contributed by atoms with Crippen molar-refractivity contribution in [1.29, 1.82) is 0 Å². The molecule has 0 aliphatic rings. The number of hydrogen-bond donors (Lipinski definition) is 1. The van der Waals surface area contributed by atoms with Crippen LogP contribution in [0, 0.1) is 6.92 Å². The largest absolute Gasteiger partial charge is 0.374 e. The summed E-state index contributed by atoms with van der Waals surface area (Å²) in [7, 11) is 0. The Bertz CT molecular complexity index is 457. The summed E-state index contributed by atoms with van der Waals surface area (Å²) in [6.07, 6.45) is 8.35. The molecule has 82 valence electrons. The van der Waals surface area contributed by atoms with E-state index in [-0.39, 0.29) is 6.04 Å². The molecule has 1 N–H and O–H groups in total. The molecule has 5 nitrogen and oxygen atoms in total. The van der Waals surface area contributed by atoms with E-state index in [0.29, 0.717) is 0 Å². The number of nitrogens with one attached hydrogen (secondary N) is 1. The molecule has 0 bridgehead atoms. The molecule has 0 aliphatic carbocycles. The van der Waals surface area contributed by atoms with Crippen LogP contribution in [-0.2, 0) is 0 Å². The molecule has 0 spiro atoms. The normalized spacial score (nSPS) is 12.1. The van der Waals surface area contributed by atoms with E-state index in [4.69, 9.17) is 0 Å². The highest BCUT2D eigenvalue weighted by Gasteiger charge is 2.10. The fourth-order valence-corrected chi connectivity index (χ4v) is 1.54. The van der Waals surface area contributed by atoms with Gasteiger partial charge < -0.3 is 5.32 Å². The predicted octanol–water partition coefficient (Wildman–Crippen LogP) is 1.75. The highest BCUT2D eigenvalue weighted by atomic mass is 15.0. The van der Waals surface area contributed by atoms with Gasteiger partial charge >= 0.3 is 0 Å². The third-order valence-electron chi connectivity index (χ3n) is 2.27. The number of hydrogen-bond acceptors (Lipinski definition) is 5. The monoisotopic (exact) mass is 215 g/mol. The fraction of sp³-hybridized carbons (Fsp3) is 0.273. The molecular formula is C11H13N5. The molecular weight excluding hydrogens is 202 g/mol. The van der Waals surface area contributed by atoms with Gasteiger partial charge in [-0.1, -0.05) is 0 Å². The minimum Gasteiger partial charge on any atom is -0.374 e. The molecule has 0 saturated heterocycles. The van der Waals surface area contributed by atoms with Gasteiger partial charge in [-0.15, -0.1) is 0 Å². The Morgan fingerprint density at radius 1 is 1.12 bits per heavy atom. The Hall–Kier alpha value is -2.04. The molecule has 0 fully saturated rings. The number of aromatic nitrogens is 4. The zero-order chi connectivity index (χ0) is 11.4. The van der Waals surface area contributed by atoms with Crippen molar-refractivity contribution in [3.63, 3.8) is 0 Å². The molecule has 0 saturated carbocycles. The van der Waals surface area contributed by atoms with E-state index in [1.165, 1.54) is 6.33 Å². The molecule has 16 heavy (non-hydrogen) atoms. The molecule has 2 heterocycles. The minimum atomic E-state index is 0.0831. The molecule has 1 atom stereocenters. The third kappa shape index (κ3) is 2.31. The summed E-state index contributed by atoms with van der Waals surface area (Å²) in [6.45, 7) is 3.98. The maximum absolute atomic E-state index is 4.31. The van der Waals surface area contributed by atoms with E-state index in [0.717, 1.165) is 17.1 Å². The van der Waals surface area contributed by atoms with Crippen LogP contribution in [-0.4, -0.2) is 19.9 Å². The van der Waals surface area contributed by atoms with Gasteiger partial charge in [-0.3, -0.25) is 9.97 Å². The third-order valence-corrected chi connectivity index (χ3v) is 2.27. The Morgan fingerprint density at radius 2 is 1.81 bits per heavy atom. The van der Waals surface area contributed by atoms with Crippen LogP contribution in [0.5, 0.6) is 0 Å². The molecule has 0 amide bonds. The lowest BCUT2D eigenvalue weighted by atomic mass is 10.2. The highest BCUT2D eigenvalue weighted by Crippen LogP contribution is 2.17. The zero-order valence-electron chi connectivity index (χ0n) is 9.25. The summed E-state index contributed by atoms with van der Waals surface area (Å²) >= 11 is 0. The molecule has 0 aromatic carbocycles. The van der Waals surface area contributed by atoms with Crippen LogP contribution in [0.4, 0.5) is 5.69 Å². The smallest absolute Gasteiger partial charge is 0.115 e. The van der Waals surface area contributed by atoms with Crippen LogP contribution in [0.2, 0.25) is 0 Å². The number of nitrogens with zero attached hydrogens (tertiary/aromatic N) is 4. The van der Waals surface area contributed by atoms with Gasteiger partial charge in [0, 0.05) is 12.4 Å². The summed E-state index contributed by atoms with van der Waals surface area (Å²) in [6, 6.07) is 0.0831. The van der Waals surface area contributed by atoms with Gasteiger partial charge in [-0.25, -0.2) is 9.97 Å². The van der Waals surface area contributed by atoms with Crippen LogP contribution >= 0.6 is 0 Å². The van der Waals surface area contributed by atoms with Crippen molar-refractivity contribution in [3.05, 3.63) is 42.5 Å². The zero-order valence-corrected chi connectivity index (χ0v) is 9.25. The predicted molar refractivity (Wildman–Crippen MR) is 60.8 cm³/mol. The second-order valence-electron chi connectivity index (χ2n) is 3.52. The molecule has 2 aromatic heterocycles. The molecule has 5 heteroatoms. The van der Waals surface area contributed by atoms with Gasteiger partial charge in [0.1, 0.15) is 6.33 Å². The lowest BCUT2D eigenvalue weighted by Crippen LogP contribution is -2.11. The van der Waals surface area contributed by atoms with Gasteiger partial charge in [-0.2, -0.15) is 0 Å². The fourth-order valence-electron chi connectivity index (χ4n) is 1.54. The van der Waals surface area contributed by atoms with Crippen LogP contribution in [0.3, 0.4) is 0 Å². The number of anilines is 1.